The summed E-state index contributed by atoms with van der Waals surface area (Å²) in [6.45, 7) is 6.48. The second-order valence-corrected chi connectivity index (χ2v) is 5.23. The normalized spacial score (nSPS) is 10.1. The molecule has 2 rings (SSSR count). The second-order valence-electron chi connectivity index (χ2n) is 4.79. The van der Waals surface area contributed by atoms with Crippen molar-refractivity contribution in [3.8, 4) is 5.75 Å². The monoisotopic (exact) mass is 315 g/mol. The number of ketones is 1. The van der Waals surface area contributed by atoms with Crippen LogP contribution < -0.4 is 10.1 Å². The highest BCUT2D eigenvalue weighted by Crippen LogP contribution is 2.18. The molecule has 0 aliphatic carbocycles. The third-order valence-electron chi connectivity index (χ3n) is 3.03. The molecule has 0 spiro atoms. The van der Waals surface area contributed by atoms with Gasteiger partial charge in [-0.15, -0.1) is 0 Å². The average Bonchev–Trinajstić information content (AvgIpc) is 2.50. The van der Waals surface area contributed by atoms with Crippen LogP contribution in [0.25, 0.3) is 0 Å². The van der Waals surface area contributed by atoms with Crippen LogP contribution in [0.5, 0.6) is 5.75 Å². The van der Waals surface area contributed by atoms with Crippen LogP contribution in [0.15, 0.2) is 60.8 Å². The van der Waals surface area contributed by atoms with Crippen molar-refractivity contribution in [2.75, 3.05) is 11.9 Å². The van der Waals surface area contributed by atoms with E-state index < -0.39 is 0 Å². The molecule has 0 saturated heterocycles. The van der Waals surface area contributed by atoms with Crippen LogP contribution in [-0.4, -0.2) is 12.4 Å². The molecule has 3 nitrogen and oxygen atoms in total. The van der Waals surface area contributed by atoms with Crippen molar-refractivity contribution in [2.45, 2.75) is 13.3 Å². The molecule has 0 heterocycles. The van der Waals surface area contributed by atoms with Crippen LogP contribution in [0.3, 0.4) is 0 Å². The predicted octanol–water partition coefficient (Wildman–Crippen LogP) is 4.94. The lowest BCUT2D eigenvalue weighted by Gasteiger charge is -2.10. The molecule has 0 atom stereocenters. The maximum absolute atomic E-state index is 12.1. The number of rotatable bonds is 7. The van der Waals surface area contributed by atoms with Crippen molar-refractivity contribution in [2.24, 2.45) is 0 Å². The van der Waals surface area contributed by atoms with Crippen LogP contribution in [0, 0.1) is 0 Å². The van der Waals surface area contributed by atoms with Crippen molar-refractivity contribution < 1.29 is 9.53 Å². The molecule has 0 aliphatic rings. The zero-order chi connectivity index (χ0) is 15.9. The minimum atomic E-state index is 0.0000955. The zero-order valence-electron chi connectivity index (χ0n) is 12.4. The Hall–Kier alpha value is -2.26. The molecular formula is C18H18ClNO2. The first-order valence-corrected chi connectivity index (χ1v) is 7.42. The van der Waals surface area contributed by atoms with E-state index in [0.29, 0.717) is 22.9 Å². The number of anilines is 1. The highest BCUT2D eigenvalue weighted by atomic mass is 35.5. The molecule has 0 amide bonds. The van der Waals surface area contributed by atoms with Gasteiger partial charge in [0.25, 0.3) is 0 Å². The van der Waals surface area contributed by atoms with E-state index in [4.69, 9.17) is 16.3 Å². The lowest BCUT2D eigenvalue weighted by atomic mass is 10.1. The minimum Gasteiger partial charge on any atom is -0.494 e. The first-order valence-electron chi connectivity index (χ1n) is 7.05. The van der Waals surface area contributed by atoms with Crippen LogP contribution in [0.4, 0.5) is 5.69 Å². The number of carbonyl (C=O) groups excluding carboxylic acids is 1. The molecule has 0 saturated carbocycles. The van der Waals surface area contributed by atoms with Gasteiger partial charge in [-0.1, -0.05) is 18.2 Å². The number of carbonyl (C=O) groups is 1. The van der Waals surface area contributed by atoms with Gasteiger partial charge in [0, 0.05) is 22.0 Å². The Kier molecular flexibility index (Phi) is 5.61. The highest BCUT2D eigenvalue weighted by Gasteiger charge is 2.08. The smallest absolute Gasteiger partial charge is 0.168 e. The first-order chi connectivity index (χ1) is 10.6. The molecule has 0 bridgehead atoms. The van der Waals surface area contributed by atoms with E-state index in [1.807, 2.05) is 31.2 Å². The van der Waals surface area contributed by atoms with Crippen molar-refractivity contribution in [1.29, 1.82) is 0 Å². The van der Waals surface area contributed by atoms with Gasteiger partial charge in [0.2, 0.25) is 0 Å². The number of ether oxygens (including phenoxy) is 1. The quantitative estimate of drug-likeness (QED) is 0.736. The van der Waals surface area contributed by atoms with E-state index in [1.165, 1.54) is 0 Å². The molecule has 2 aromatic carbocycles. The van der Waals surface area contributed by atoms with Gasteiger partial charge in [0.15, 0.2) is 5.78 Å². The minimum absolute atomic E-state index is 0.0000955. The fraction of sp³-hybridized carbons (Fsp3) is 0.167. The topological polar surface area (TPSA) is 38.3 Å². The molecule has 114 valence electrons. The molecule has 0 unspecified atom stereocenters. The van der Waals surface area contributed by atoms with E-state index in [0.717, 1.165) is 11.4 Å². The van der Waals surface area contributed by atoms with E-state index in [1.54, 1.807) is 24.3 Å². The number of hydrogen-bond acceptors (Lipinski definition) is 3. The number of halogens is 1. The Labute approximate surface area is 135 Å². The molecule has 0 radical (unpaired) electrons. The summed E-state index contributed by atoms with van der Waals surface area (Å²) in [5.41, 5.74) is 2.14. The molecule has 1 N–H and O–H groups in total. The summed E-state index contributed by atoms with van der Waals surface area (Å²) in [5.74, 6) is 0.816. The zero-order valence-corrected chi connectivity index (χ0v) is 13.2. The van der Waals surface area contributed by atoms with Gasteiger partial charge in [-0.25, -0.2) is 0 Å². The largest absolute Gasteiger partial charge is 0.494 e. The molecule has 0 aliphatic heterocycles. The Morgan fingerprint density at radius 3 is 2.36 bits per heavy atom. The fourth-order valence-electron chi connectivity index (χ4n) is 1.98. The third kappa shape index (κ3) is 4.64. The Bertz CT molecular complexity index is 648. The van der Waals surface area contributed by atoms with Crippen molar-refractivity contribution in [3.05, 3.63) is 71.4 Å². The summed E-state index contributed by atoms with van der Waals surface area (Å²) in [4.78, 5) is 12.1. The summed E-state index contributed by atoms with van der Waals surface area (Å²) in [5, 5.41) is 3.74. The van der Waals surface area contributed by atoms with Gasteiger partial charge < -0.3 is 10.1 Å². The highest BCUT2D eigenvalue weighted by molar-refractivity contribution is 6.30. The summed E-state index contributed by atoms with van der Waals surface area (Å²) < 4.78 is 5.38. The van der Waals surface area contributed by atoms with Crippen LogP contribution in [-0.2, 0) is 0 Å². The number of nitrogens with one attached hydrogen (secondary N) is 1. The van der Waals surface area contributed by atoms with Gasteiger partial charge in [-0.05, 0) is 55.5 Å². The number of Topliss-reactive ketones (excluding diaryl/α,β-unsaturated/α-hetero) is 1. The number of hydrogen-bond donors (Lipinski definition) is 1. The predicted molar refractivity (Wildman–Crippen MR) is 90.8 cm³/mol. The molecule has 0 fully saturated rings. The summed E-state index contributed by atoms with van der Waals surface area (Å²) in [6.07, 6.45) is 0.231. The second kappa shape index (κ2) is 7.66. The average molecular weight is 316 g/mol. The Morgan fingerprint density at radius 2 is 1.77 bits per heavy atom. The molecule has 22 heavy (non-hydrogen) atoms. The number of benzene rings is 2. The van der Waals surface area contributed by atoms with Crippen LogP contribution in [0.2, 0.25) is 5.02 Å². The summed E-state index contributed by atoms with van der Waals surface area (Å²) >= 11 is 5.81. The van der Waals surface area contributed by atoms with Crippen molar-refractivity contribution in [3.63, 3.8) is 0 Å². The summed E-state index contributed by atoms with van der Waals surface area (Å²) in [7, 11) is 0. The SMILES string of the molecule is C=C(CC(=O)c1ccc(Cl)cc1)Nc1ccc(OCC)cc1. The maximum atomic E-state index is 12.1. The van der Waals surface area contributed by atoms with E-state index in [-0.39, 0.29) is 12.2 Å². The van der Waals surface area contributed by atoms with Gasteiger partial charge in [0.1, 0.15) is 5.75 Å². The Morgan fingerprint density at radius 1 is 1.14 bits per heavy atom. The Balaban J connectivity index is 1.92. The molecule has 2 aromatic rings. The molecule has 4 heteroatoms. The van der Waals surface area contributed by atoms with E-state index in [9.17, 15) is 4.79 Å². The summed E-state index contributed by atoms with van der Waals surface area (Å²) in [6, 6.07) is 14.4. The van der Waals surface area contributed by atoms with Crippen LogP contribution >= 0.6 is 11.6 Å². The van der Waals surface area contributed by atoms with Crippen molar-refractivity contribution in [1.82, 2.24) is 0 Å². The van der Waals surface area contributed by atoms with Gasteiger partial charge >= 0.3 is 0 Å². The van der Waals surface area contributed by atoms with Gasteiger partial charge in [-0.3, -0.25) is 4.79 Å². The first kappa shape index (κ1) is 16.1. The van der Waals surface area contributed by atoms with Crippen LogP contribution in [0.1, 0.15) is 23.7 Å². The lowest BCUT2D eigenvalue weighted by molar-refractivity contribution is 0.0993. The van der Waals surface area contributed by atoms with E-state index >= 15 is 0 Å². The molecular weight excluding hydrogens is 298 g/mol. The fourth-order valence-corrected chi connectivity index (χ4v) is 2.11. The molecule has 0 aromatic heterocycles. The maximum Gasteiger partial charge on any atom is 0.168 e. The number of allylic oxidation sites excluding steroid dienone is 1. The standard InChI is InChI=1S/C18H18ClNO2/c1-3-22-17-10-8-16(9-11-17)20-13(2)12-18(21)14-4-6-15(19)7-5-14/h4-11,20H,2-3,12H2,1H3. The van der Waals surface area contributed by atoms with Crippen molar-refractivity contribution >= 4 is 23.1 Å². The van der Waals surface area contributed by atoms with Gasteiger partial charge in [-0.2, -0.15) is 0 Å². The lowest BCUT2D eigenvalue weighted by Crippen LogP contribution is -2.06. The third-order valence-corrected chi connectivity index (χ3v) is 3.28. The van der Waals surface area contributed by atoms with E-state index in [2.05, 4.69) is 11.9 Å². The van der Waals surface area contributed by atoms with Gasteiger partial charge in [0.05, 0.1) is 13.0 Å².